The molecule has 0 saturated carbocycles. The van der Waals surface area contributed by atoms with Gasteiger partial charge in [0.05, 0.1) is 11.6 Å². The van der Waals surface area contributed by atoms with Crippen LogP contribution < -0.4 is 10.6 Å². The summed E-state index contributed by atoms with van der Waals surface area (Å²) in [7, 11) is 0. The predicted octanol–water partition coefficient (Wildman–Crippen LogP) is 4.14. The van der Waals surface area contributed by atoms with Gasteiger partial charge in [0.2, 0.25) is 5.16 Å². The van der Waals surface area contributed by atoms with Crippen LogP contribution in [0, 0.1) is 0 Å². The van der Waals surface area contributed by atoms with Crippen molar-refractivity contribution in [2.75, 3.05) is 18.2 Å². The minimum absolute atomic E-state index is 0.484. The molecule has 8 heteroatoms. The Balaban J connectivity index is 1.58. The molecule has 0 aliphatic carbocycles. The second-order valence-electron chi connectivity index (χ2n) is 4.81. The smallest absolute Gasteiger partial charge is 0.210 e. The van der Waals surface area contributed by atoms with Crippen LogP contribution in [0.2, 0.25) is 10.0 Å². The molecule has 0 atom stereocenters. The second-order valence-corrected chi connectivity index (χ2v) is 6.72. The molecule has 0 unspecified atom stereocenters. The van der Waals surface area contributed by atoms with Crippen LogP contribution >= 0.6 is 35.0 Å². The third kappa shape index (κ3) is 3.95. The van der Waals surface area contributed by atoms with Crippen LogP contribution in [0.25, 0.3) is 11.4 Å². The first-order valence-electron chi connectivity index (χ1n) is 7.11. The maximum absolute atomic E-state index is 6.07. The van der Waals surface area contributed by atoms with E-state index in [1.165, 1.54) is 16.4 Å². The Bertz CT molecular complexity index is 823. The van der Waals surface area contributed by atoms with Gasteiger partial charge in [-0.25, -0.2) is 4.68 Å². The minimum atomic E-state index is 0.484. The van der Waals surface area contributed by atoms with E-state index in [9.17, 15) is 0 Å². The van der Waals surface area contributed by atoms with E-state index in [4.69, 9.17) is 33.8 Å². The van der Waals surface area contributed by atoms with E-state index in [1.54, 1.807) is 18.2 Å². The number of nitrogens with zero attached hydrogens (tertiary/aromatic N) is 3. The van der Waals surface area contributed by atoms with Gasteiger partial charge in [-0.2, -0.15) is 0 Å². The molecule has 5 nitrogen and oxygen atoms in total. The summed E-state index contributed by atoms with van der Waals surface area (Å²) in [6.45, 7) is 0.484. The van der Waals surface area contributed by atoms with E-state index in [1.807, 2.05) is 30.3 Å². The molecule has 0 fully saturated rings. The quantitative estimate of drug-likeness (QED) is 0.395. The molecule has 124 valence electrons. The standard InChI is InChI=1S/C16H14Cl2N4OS/c17-12-7-5-11(6-8-12)15-20-21-16(22(15)19)24-10-9-23-14-4-2-1-3-13(14)18/h1-8H,9-10,19H2. The molecule has 0 spiro atoms. The molecule has 0 saturated heterocycles. The molecule has 2 N–H and O–H groups in total. The molecule has 0 bridgehead atoms. The van der Waals surface area contributed by atoms with E-state index in [0.29, 0.717) is 39.1 Å². The maximum Gasteiger partial charge on any atom is 0.210 e. The number of aromatic nitrogens is 3. The Morgan fingerprint density at radius 2 is 1.79 bits per heavy atom. The van der Waals surface area contributed by atoms with Crippen LogP contribution in [-0.4, -0.2) is 27.2 Å². The van der Waals surface area contributed by atoms with Crippen molar-refractivity contribution in [3.63, 3.8) is 0 Å². The van der Waals surface area contributed by atoms with Crippen molar-refractivity contribution in [1.29, 1.82) is 0 Å². The molecule has 0 amide bonds. The van der Waals surface area contributed by atoms with Crippen LogP contribution in [0.3, 0.4) is 0 Å². The highest BCUT2D eigenvalue weighted by atomic mass is 35.5. The Labute approximate surface area is 153 Å². The molecule has 24 heavy (non-hydrogen) atoms. The van der Waals surface area contributed by atoms with Crippen molar-refractivity contribution in [2.45, 2.75) is 5.16 Å². The van der Waals surface area contributed by atoms with Crippen LogP contribution in [0.1, 0.15) is 0 Å². The van der Waals surface area contributed by atoms with Crippen molar-refractivity contribution in [3.05, 3.63) is 58.6 Å². The first-order chi connectivity index (χ1) is 11.6. The lowest BCUT2D eigenvalue weighted by Gasteiger charge is -2.07. The van der Waals surface area contributed by atoms with Gasteiger partial charge >= 0.3 is 0 Å². The zero-order valence-corrected chi connectivity index (χ0v) is 14.9. The van der Waals surface area contributed by atoms with Crippen molar-refractivity contribution in [2.24, 2.45) is 0 Å². The van der Waals surface area contributed by atoms with E-state index in [-0.39, 0.29) is 0 Å². The summed E-state index contributed by atoms with van der Waals surface area (Å²) in [4.78, 5) is 0. The number of nitrogen functional groups attached to an aromatic ring is 1. The fraction of sp³-hybridized carbons (Fsp3) is 0.125. The fourth-order valence-electron chi connectivity index (χ4n) is 2.02. The second kappa shape index (κ2) is 7.79. The van der Waals surface area contributed by atoms with Crippen LogP contribution in [0.5, 0.6) is 5.75 Å². The highest BCUT2D eigenvalue weighted by Gasteiger charge is 2.12. The maximum atomic E-state index is 6.07. The average Bonchev–Trinajstić information content (AvgIpc) is 2.95. The topological polar surface area (TPSA) is 66.0 Å². The number of nitrogens with two attached hydrogens (primary N) is 1. The molecule has 3 aromatic rings. The zero-order valence-electron chi connectivity index (χ0n) is 12.5. The molecule has 1 aromatic heterocycles. The largest absolute Gasteiger partial charge is 0.491 e. The summed E-state index contributed by atoms with van der Waals surface area (Å²) in [6.07, 6.45) is 0. The number of para-hydroxylation sites is 1. The summed E-state index contributed by atoms with van der Waals surface area (Å²) < 4.78 is 7.10. The van der Waals surface area contributed by atoms with Gasteiger partial charge in [0, 0.05) is 16.3 Å². The first-order valence-corrected chi connectivity index (χ1v) is 8.86. The molecule has 3 rings (SSSR count). The molecule has 0 radical (unpaired) electrons. The normalized spacial score (nSPS) is 10.8. The van der Waals surface area contributed by atoms with Gasteiger partial charge < -0.3 is 10.6 Å². The number of hydrogen-bond donors (Lipinski definition) is 1. The molecule has 2 aromatic carbocycles. The van der Waals surface area contributed by atoms with E-state index < -0.39 is 0 Å². The minimum Gasteiger partial charge on any atom is -0.491 e. The van der Waals surface area contributed by atoms with Crippen molar-refractivity contribution in [1.82, 2.24) is 14.9 Å². The van der Waals surface area contributed by atoms with Gasteiger partial charge in [0.15, 0.2) is 5.82 Å². The van der Waals surface area contributed by atoms with Gasteiger partial charge in [-0.1, -0.05) is 47.1 Å². The zero-order chi connectivity index (χ0) is 16.9. The number of halogens is 2. The SMILES string of the molecule is Nn1c(SCCOc2ccccc2Cl)nnc1-c1ccc(Cl)cc1. The Morgan fingerprint density at radius 1 is 1.04 bits per heavy atom. The summed E-state index contributed by atoms with van der Waals surface area (Å²) in [5, 5.41) is 10.1. The number of rotatable bonds is 6. The van der Waals surface area contributed by atoms with Crippen molar-refractivity contribution >= 4 is 35.0 Å². The summed E-state index contributed by atoms with van der Waals surface area (Å²) in [6, 6.07) is 14.6. The van der Waals surface area contributed by atoms with Gasteiger partial charge in [-0.3, -0.25) is 0 Å². The molecule has 1 heterocycles. The summed E-state index contributed by atoms with van der Waals surface area (Å²) in [5.74, 6) is 7.98. The van der Waals surface area contributed by atoms with Gasteiger partial charge in [0.25, 0.3) is 0 Å². The lowest BCUT2D eigenvalue weighted by molar-refractivity contribution is 0.344. The van der Waals surface area contributed by atoms with Crippen molar-refractivity contribution < 1.29 is 4.74 Å². The van der Waals surface area contributed by atoms with E-state index in [2.05, 4.69) is 10.2 Å². The number of hydrogen-bond acceptors (Lipinski definition) is 5. The molecule has 0 aliphatic rings. The predicted molar refractivity (Wildman–Crippen MR) is 98.3 cm³/mol. The van der Waals surface area contributed by atoms with Gasteiger partial charge in [-0.15, -0.1) is 10.2 Å². The third-order valence-corrected chi connectivity index (χ3v) is 4.65. The molecular weight excluding hydrogens is 367 g/mol. The fourth-order valence-corrected chi connectivity index (χ4v) is 3.01. The lowest BCUT2D eigenvalue weighted by atomic mass is 10.2. The Hall–Kier alpha value is -1.89. The third-order valence-electron chi connectivity index (χ3n) is 3.18. The number of benzene rings is 2. The first kappa shape index (κ1) is 17.0. The number of thioether (sulfide) groups is 1. The molecular formula is C16H14Cl2N4OS. The Morgan fingerprint density at radius 3 is 2.54 bits per heavy atom. The van der Waals surface area contributed by atoms with Crippen LogP contribution in [0.4, 0.5) is 0 Å². The summed E-state index contributed by atoms with van der Waals surface area (Å²) >= 11 is 13.4. The monoisotopic (exact) mass is 380 g/mol. The molecule has 0 aliphatic heterocycles. The average molecular weight is 381 g/mol. The van der Waals surface area contributed by atoms with Crippen LogP contribution in [0.15, 0.2) is 53.7 Å². The van der Waals surface area contributed by atoms with Gasteiger partial charge in [0.1, 0.15) is 5.75 Å². The highest BCUT2D eigenvalue weighted by Crippen LogP contribution is 2.25. The number of ether oxygens (including phenoxy) is 1. The van der Waals surface area contributed by atoms with E-state index in [0.717, 1.165) is 5.56 Å². The highest BCUT2D eigenvalue weighted by molar-refractivity contribution is 7.99. The lowest BCUT2D eigenvalue weighted by Crippen LogP contribution is -2.12. The van der Waals surface area contributed by atoms with Crippen LogP contribution in [-0.2, 0) is 0 Å². The Kier molecular flexibility index (Phi) is 5.50. The summed E-state index contributed by atoms with van der Waals surface area (Å²) in [5.41, 5.74) is 0.855. The van der Waals surface area contributed by atoms with E-state index >= 15 is 0 Å². The van der Waals surface area contributed by atoms with Gasteiger partial charge in [-0.05, 0) is 36.4 Å². The van der Waals surface area contributed by atoms with Crippen molar-refractivity contribution in [3.8, 4) is 17.1 Å².